The van der Waals surface area contributed by atoms with Gasteiger partial charge < -0.3 is 14.7 Å². The molecule has 94 valence electrons. The monoisotopic (exact) mass is 237 g/mol. The van der Waals surface area contributed by atoms with Crippen LogP contribution in [-0.2, 0) is 4.74 Å². The Morgan fingerprint density at radius 1 is 1.47 bits per heavy atom. The van der Waals surface area contributed by atoms with Gasteiger partial charge in [-0.25, -0.2) is 0 Å². The van der Waals surface area contributed by atoms with Gasteiger partial charge in [0.25, 0.3) is 5.91 Å². The van der Waals surface area contributed by atoms with Crippen LogP contribution >= 0.6 is 0 Å². The van der Waals surface area contributed by atoms with Crippen molar-refractivity contribution >= 4 is 5.91 Å². The third kappa shape index (κ3) is 3.20. The van der Waals surface area contributed by atoms with Gasteiger partial charge >= 0.3 is 0 Å². The fraction of sp³-hybridized carbons (Fsp3) is 0.462. The number of carbonyl (C=O) groups is 1. The van der Waals surface area contributed by atoms with Crippen LogP contribution in [0, 0.1) is 0 Å². The number of aromatic hydroxyl groups is 1. The second-order valence-corrected chi connectivity index (χ2v) is 3.91. The fourth-order valence-electron chi connectivity index (χ4n) is 1.80. The third-order valence-electron chi connectivity index (χ3n) is 2.68. The van der Waals surface area contributed by atoms with Crippen molar-refractivity contribution in [3.8, 4) is 5.75 Å². The first kappa shape index (κ1) is 13.5. The largest absolute Gasteiger partial charge is 0.507 e. The maximum atomic E-state index is 12.2. The predicted molar refractivity (Wildman–Crippen MR) is 66.2 cm³/mol. The summed E-state index contributed by atoms with van der Waals surface area (Å²) in [6.07, 6.45) is 0. The summed E-state index contributed by atoms with van der Waals surface area (Å²) in [6, 6.07) is 6.56. The number of carbonyl (C=O) groups excluding carboxylic acids is 1. The van der Waals surface area contributed by atoms with Crippen LogP contribution in [0.4, 0.5) is 0 Å². The lowest BCUT2D eigenvalue weighted by Gasteiger charge is -2.27. The first-order valence-electron chi connectivity index (χ1n) is 5.69. The molecule has 17 heavy (non-hydrogen) atoms. The lowest BCUT2D eigenvalue weighted by Crippen LogP contribution is -2.40. The van der Waals surface area contributed by atoms with E-state index in [2.05, 4.69) is 0 Å². The molecule has 1 unspecified atom stereocenters. The fourth-order valence-corrected chi connectivity index (χ4v) is 1.80. The van der Waals surface area contributed by atoms with Gasteiger partial charge in [0.15, 0.2) is 0 Å². The number of amides is 1. The Hall–Kier alpha value is -1.55. The minimum absolute atomic E-state index is 0.0144. The summed E-state index contributed by atoms with van der Waals surface area (Å²) < 4.78 is 5.05. The number of likely N-dealkylation sites (N-methyl/N-ethyl adjacent to an activating group) is 1. The van der Waals surface area contributed by atoms with Gasteiger partial charge in [-0.05, 0) is 26.0 Å². The van der Waals surface area contributed by atoms with Crippen molar-refractivity contribution in [1.29, 1.82) is 0 Å². The number of nitrogens with zero attached hydrogens (tertiary/aromatic N) is 1. The van der Waals surface area contributed by atoms with E-state index in [-0.39, 0.29) is 17.7 Å². The van der Waals surface area contributed by atoms with Crippen LogP contribution in [0.5, 0.6) is 5.75 Å². The minimum atomic E-state index is -0.171. The molecule has 0 heterocycles. The summed E-state index contributed by atoms with van der Waals surface area (Å²) in [5.74, 6) is -0.157. The Kier molecular flexibility index (Phi) is 4.97. The highest BCUT2D eigenvalue weighted by atomic mass is 16.5. The second kappa shape index (κ2) is 6.25. The molecular formula is C13H19NO3. The van der Waals surface area contributed by atoms with Crippen molar-refractivity contribution < 1.29 is 14.6 Å². The molecule has 1 rings (SSSR count). The Labute approximate surface area is 102 Å². The number of hydrogen-bond acceptors (Lipinski definition) is 3. The lowest BCUT2D eigenvalue weighted by molar-refractivity contribution is 0.0576. The second-order valence-electron chi connectivity index (χ2n) is 3.91. The molecular weight excluding hydrogens is 218 g/mol. The summed E-state index contributed by atoms with van der Waals surface area (Å²) in [6.45, 7) is 4.89. The molecule has 1 aromatic rings. The Balaban J connectivity index is 2.90. The van der Waals surface area contributed by atoms with Crippen molar-refractivity contribution in [3.63, 3.8) is 0 Å². The number of hydrogen-bond donors (Lipinski definition) is 1. The topological polar surface area (TPSA) is 49.8 Å². The van der Waals surface area contributed by atoms with E-state index in [9.17, 15) is 9.90 Å². The lowest BCUT2D eigenvalue weighted by atomic mass is 10.1. The molecule has 0 aliphatic carbocycles. The molecule has 0 aliphatic rings. The first-order valence-corrected chi connectivity index (χ1v) is 5.69. The van der Waals surface area contributed by atoms with Crippen LogP contribution in [-0.4, -0.2) is 42.2 Å². The van der Waals surface area contributed by atoms with Gasteiger partial charge in [0.05, 0.1) is 18.2 Å². The van der Waals surface area contributed by atoms with Gasteiger partial charge in [-0.1, -0.05) is 12.1 Å². The molecule has 1 atom stereocenters. The summed E-state index contributed by atoms with van der Waals surface area (Å²) >= 11 is 0. The van der Waals surface area contributed by atoms with E-state index in [1.807, 2.05) is 13.8 Å². The number of rotatable bonds is 5. The molecule has 0 saturated carbocycles. The molecule has 0 radical (unpaired) electrons. The number of para-hydroxylation sites is 1. The van der Waals surface area contributed by atoms with E-state index in [1.165, 1.54) is 6.07 Å². The van der Waals surface area contributed by atoms with E-state index in [1.54, 1.807) is 30.2 Å². The molecule has 4 nitrogen and oxygen atoms in total. The SMILES string of the molecule is CCN(C(=O)c1ccccc1O)C(C)COC. The summed E-state index contributed by atoms with van der Waals surface area (Å²) in [5, 5.41) is 9.66. The molecule has 0 aliphatic heterocycles. The minimum Gasteiger partial charge on any atom is -0.507 e. The summed E-state index contributed by atoms with van der Waals surface area (Å²) in [4.78, 5) is 13.9. The maximum Gasteiger partial charge on any atom is 0.257 e. The molecule has 0 bridgehead atoms. The average molecular weight is 237 g/mol. The Morgan fingerprint density at radius 2 is 2.12 bits per heavy atom. The average Bonchev–Trinajstić information content (AvgIpc) is 2.30. The van der Waals surface area contributed by atoms with Crippen LogP contribution in [0.1, 0.15) is 24.2 Å². The number of benzene rings is 1. The van der Waals surface area contributed by atoms with E-state index >= 15 is 0 Å². The number of methoxy groups -OCH3 is 1. The zero-order valence-corrected chi connectivity index (χ0v) is 10.5. The van der Waals surface area contributed by atoms with Crippen molar-refractivity contribution in [2.75, 3.05) is 20.3 Å². The zero-order valence-electron chi connectivity index (χ0n) is 10.5. The van der Waals surface area contributed by atoms with Crippen molar-refractivity contribution in [3.05, 3.63) is 29.8 Å². The first-order chi connectivity index (χ1) is 8.11. The van der Waals surface area contributed by atoms with Crippen LogP contribution in [0.3, 0.4) is 0 Å². The molecule has 0 fully saturated rings. The molecule has 4 heteroatoms. The molecule has 0 saturated heterocycles. The standard InChI is InChI=1S/C13H19NO3/c1-4-14(10(2)9-17-3)13(16)11-7-5-6-8-12(11)15/h5-8,10,15H,4,9H2,1-3H3. The molecule has 0 spiro atoms. The van der Waals surface area contributed by atoms with E-state index in [0.29, 0.717) is 18.7 Å². The van der Waals surface area contributed by atoms with Gasteiger partial charge in [0.2, 0.25) is 0 Å². The van der Waals surface area contributed by atoms with Gasteiger partial charge in [-0.3, -0.25) is 4.79 Å². The zero-order chi connectivity index (χ0) is 12.8. The Bertz CT molecular complexity index is 379. The highest BCUT2D eigenvalue weighted by molar-refractivity contribution is 5.96. The van der Waals surface area contributed by atoms with Gasteiger partial charge in [0.1, 0.15) is 5.75 Å². The summed E-state index contributed by atoms with van der Waals surface area (Å²) in [7, 11) is 1.61. The van der Waals surface area contributed by atoms with Crippen LogP contribution in [0.25, 0.3) is 0 Å². The summed E-state index contributed by atoms with van der Waals surface area (Å²) in [5.41, 5.74) is 0.331. The highest BCUT2D eigenvalue weighted by Gasteiger charge is 2.21. The molecule has 1 aromatic carbocycles. The van der Waals surface area contributed by atoms with Gasteiger partial charge in [-0.15, -0.1) is 0 Å². The van der Waals surface area contributed by atoms with Crippen LogP contribution < -0.4 is 0 Å². The molecule has 0 aromatic heterocycles. The molecule has 1 N–H and O–H groups in total. The number of phenols is 1. The van der Waals surface area contributed by atoms with E-state index in [4.69, 9.17) is 4.74 Å². The third-order valence-corrected chi connectivity index (χ3v) is 2.68. The molecule has 1 amide bonds. The Morgan fingerprint density at radius 3 is 2.65 bits per heavy atom. The van der Waals surface area contributed by atoms with E-state index in [0.717, 1.165) is 0 Å². The van der Waals surface area contributed by atoms with Crippen LogP contribution in [0.2, 0.25) is 0 Å². The number of phenolic OH excluding ortho intramolecular Hbond substituents is 1. The van der Waals surface area contributed by atoms with Crippen molar-refractivity contribution in [2.45, 2.75) is 19.9 Å². The normalized spacial score (nSPS) is 12.2. The van der Waals surface area contributed by atoms with Gasteiger partial charge in [-0.2, -0.15) is 0 Å². The predicted octanol–water partition coefficient (Wildman–Crippen LogP) is 1.89. The quantitative estimate of drug-likeness (QED) is 0.850. The van der Waals surface area contributed by atoms with Gasteiger partial charge in [0, 0.05) is 13.7 Å². The van der Waals surface area contributed by atoms with Crippen LogP contribution in [0.15, 0.2) is 24.3 Å². The van der Waals surface area contributed by atoms with Crippen molar-refractivity contribution in [2.24, 2.45) is 0 Å². The maximum absolute atomic E-state index is 12.2. The van der Waals surface area contributed by atoms with E-state index < -0.39 is 0 Å². The highest BCUT2D eigenvalue weighted by Crippen LogP contribution is 2.18. The number of ether oxygens (including phenoxy) is 1. The van der Waals surface area contributed by atoms with Crippen molar-refractivity contribution in [1.82, 2.24) is 4.90 Å². The smallest absolute Gasteiger partial charge is 0.257 e.